The summed E-state index contributed by atoms with van der Waals surface area (Å²) in [6.45, 7) is 1.53. The Balaban J connectivity index is 2.41. The topological polar surface area (TPSA) is 86.6 Å². The number of hydrogen-bond acceptors (Lipinski definition) is 3. The van der Waals surface area contributed by atoms with Gasteiger partial charge in [0.1, 0.15) is 11.6 Å². The lowest BCUT2D eigenvalue weighted by molar-refractivity contribution is 0.0697. The number of aromatic hydroxyl groups is 1. The van der Waals surface area contributed by atoms with Crippen molar-refractivity contribution in [1.29, 1.82) is 0 Å². The van der Waals surface area contributed by atoms with E-state index >= 15 is 0 Å². The van der Waals surface area contributed by atoms with E-state index in [1.807, 2.05) is 0 Å². The van der Waals surface area contributed by atoms with Crippen molar-refractivity contribution in [2.45, 2.75) is 6.92 Å². The number of phenols is 1. The third-order valence-electron chi connectivity index (χ3n) is 3.03. The monoisotopic (exact) mass is 289 g/mol. The Kier molecular flexibility index (Phi) is 3.89. The lowest BCUT2D eigenvalue weighted by atomic mass is 10.1. The first-order valence-electron chi connectivity index (χ1n) is 6.03. The summed E-state index contributed by atoms with van der Waals surface area (Å²) in [6, 6.07) is 7.82. The molecule has 0 fully saturated rings. The number of nitrogens with one attached hydrogen (secondary N) is 1. The molecule has 5 nitrogen and oxygen atoms in total. The Labute approximate surface area is 119 Å². The summed E-state index contributed by atoms with van der Waals surface area (Å²) >= 11 is 0. The number of aromatic carboxylic acids is 1. The lowest BCUT2D eigenvalue weighted by Crippen LogP contribution is -2.17. The van der Waals surface area contributed by atoms with Gasteiger partial charge in [-0.2, -0.15) is 0 Å². The van der Waals surface area contributed by atoms with E-state index in [4.69, 9.17) is 5.11 Å². The number of anilines is 1. The first-order valence-corrected chi connectivity index (χ1v) is 6.03. The van der Waals surface area contributed by atoms with E-state index in [9.17, 15) is 19.1 Å². The van der Waals surface area contributed by atoms with Crippen molar-refractivity contribution < 1.29 is 24.2 Å². The second-order valence-electron chi connectivity index (χ2n) is 4.37. The summed E-state index contributed by atoms with van der Waals surface area (Å²) in [6.07, 6.45) is 0. The van der Waals surface area contributed by atoms with Crippen LogP contribution in [0.4, 0.5) is 10.1 Å². The van der Waals surface area contributed by atoms with Crippen molar-refractivity contribution in [2.24, 2.45) is 0 Å². The summed E-state index contributed by atoms with van der Waals surface area (Å²) in [5.74, 6) is -2.97. The van der Waals surface area contributed by atoms with Gasteiger partial charge >= 0.3 is 5.97 Å². The predicted octanol–water partition coefficient (Wildman–Crippen LogP) is 2.79. The molecule has 3 N–H and O–H groups in total. The molecule has 6 heteroatoms. The highest BCUT2D eigenvalue weighted by Crippen LogP contribution is 2.24. The standard InChI is InChI=1S/C15H12FNO4/c1-8-9(4-3-7-12(8)18)14(19)17-13-10(15(20)21)5-2-6-11(13)16/h2-7,18H,1H3,(H,17,19)(H,20,21). The number of para-hydroxylation sites is 1. The summed E-state index contributed by atoms with van der Waals surface area (Å²) < 4.78 is 13.7. The van der Waals surface area contributed by atoms with Gasteiger partial charge in [-0.25, -0.2) is 9.18 Å². The third-order valence-corrected chi connectivity index (χ3v) is 3.03. The van der Waals surface area contributed by atoms with Crippen LogP contribution in [-0.2, 0) is 0 Å². The number of halogens is 1. The molecule has 0 saturated heterocycles. The average molecular weight is 289 g/mol. The molecule has 0 unspecified atom stereocenters. The second-order valence-corrected chi connectivity index (χ2v) is 4.37. The molecule has 2 rings (SSSR count). The number of carbonyl (C=O) groups excluding carboxylic acids is 1. The van der Waals surface area contributed by atoms with E-state index in [0.29, 0.717) is 5.56 Å². The molecule has 0 radical (unpaired) electrons. The Morgan fingerprint density at radius 3 is 2.38 bits per heavy atom. The highest BCUT2D eigenvalue weighted by atomic mass is 19.1. The molecule has 108 valence electrons. The number of hydrogen-bond donors (Lipinski definition) is 3. The van der Waals surface area contributed by atoms with Crippen LogP contribution < -0.4 is 5.32 Å². The largest absolute Gasteiger partial charge is 0.508 e. The fourth-order valence-corrected chi connectivity index (χ4v) is 1.88. The van der Waals surface area contributed by atoms with Gasteiger partial charge in [0, 0.05) is 11.1 Å². The van der Waals surface area contributed by atoms with Crippen molar-refractivity contribution in [3.63, 3.8) is 0 Å². The molecular weight excluding hydrogens is 277 g/mol. The van der Waals surface area contributed by atoms with E-state index in [-0.39, 0.29) is 16.9 Å². The molecule has 0 saturated carbocycles. The minimum absolute atomic E-state index is 0.0744. The predicted molar refractivity (Wildman–Crippen MR) is 74.2 cm³/mol. The first-order chi connectivity index (χ1) is 9.91. The van der Waals surface area contributed by atoms with Crippen molar-refractivity contribution in [2.75, 3.05) is 5.32 Å². The summed E-state index contributed by atoms with van der Waals surface area (Å²) in [5, 5.41) is 20.8. The molecule has 0 aromatic heterocycles. The van der Waals surface area contributed by atoms with Gasteiger partial charge in [0.25, 0.3) is 5.91 Å². The Morgan fingerprint density at radius 2 is 1.71 bits per heavy atom. The van der Waals surface area contributed by atoms with Gasteiger partial charge in [-0.05, 0) is 31.2 Å². The van der Waals surface area contributed by atoms with Crippen LogP contribution in [0.25, 0.3) is 0 Å². The minimum atomic E-state index is -1.35. The van der Waals surface area contributed by atoms with Crippen LogP contribution >= 0.6 is 0 Å². The smallest absolute Gasteiger partial charge is 0.337 e. The number of rotatable bonds is 3. The number of benzene rings is 2. The van der Waals surface area contributed by atoms with Crippen LogP contribution in [0.3, 0.4) is 0 Å². The van der Waals surface area contributed by atoms with Gasteiger partial charge in [0.15, 0.2) is 0 Å². The highest BCUT2D eigenvalue weighted by Gasteiger charge is 2.18. The maximum atomic E-state index is 13.7. The van der Waals surface area contributed by atoms with Crippen molar-refractivity contribution in [1.82, 2.24) is 0 Å². The lowest BCUT2D eigenvalue weighted by Gasteiger charge is -2.11. The van der Waals surface area contributed by atoms with Crippen LogP contribution in [0.2, 0.25) is 0 Å². The van der Waals surface area contributed by atoms with Crippen LogP contribution in [0.15, 0.2) is 36.4 Å². The number of carboxylic acids is 1. The maximum absolute atomic E-state index is 13.7. The van der Waals surface area contributed by atoms with Gasteiger partial charge in [-0.1, -0.05) is 12.1 Å². The van der Waals surface area contributed by atoms with Crippen LogP contribution in [-0.4, -0.2) is 22.1 Å². The van der Waals surface area contributed by atoms with Gasteiger partial charge in [0.2, 0.25) is 0 Å². The van der Waals surface area contributed by atoms with Crippen molar-refractivity contribution in [3.8, 4) is 5.75 Å². The van der Waals surface area contributed by atoms with Gasteiger partial charge in [-0.15, -0.1) is 0 Å². The van der Waals surface area contributed by atoms with Gasteiger partial charge < -0.3 is 15.5 Å². The summed E-state index contributed by atoms with van der Waals surface area (Å²) in [7, 11) is 0. The zero-order valence-corrected chi connectivity index (χ0v) is 11.1. The molecule has 2 aromatic carbocycles. The number of carboxylic acid groups (broad SMARTS) is 1. The zero-order chi connectivity index (χ0) is 15.6. The molecule has 0 bridgehead atoms. The molecule has 2 aromatic rings. The SMILES string of the molecule is Cc1c(O)cccc1C(=O)Nc1c(F)cccc1C(=O)O. The van der Waals surface area contributed by atoms with Gasteiger partial charge in [0.05, 0.1) is 11.3 Å². The second kappa shape index (κ2) is 5.62. The summed E-state index contributed by atoms with van der Waals surface area (Å²) in [5.41, 5.74) is -0.295. The van der Waals surface area contributed by atoms with Gasteiger partial charge in [-0.3, -0.25) is 4.79 Å². The quantitative estimate of drug-likeness (QED) is 0.811. The first kappa shape index (κ1) is 14.5. The molecule has 0 aliphatic carbocycles. The molecule has 21 heavy (non-hydrogen) atoms. The molecule has 0 aliphatic rings. The van der Waals surface area contributed by atoms with Crippen LogP contribution in [0.5, 0.6) is 5.75 Å². The van der Waals surface area contributed by atoms with E-state index < -0.39 is 23.4 Å². The highest BCUT2D eigenvalue weighted by molar-refractivity contribution is 6.08. The van der Waals surface area contributed by atoms with Crippen LogP contribution in [0, 0.1) is 12.7 Å². The number of phenolic OH excluding ortho intramolecular Hbond substituents is 1. The molecule has 0 spiro atoms. The summed E-state index contributed by atoms with van der Waals surface area (Å²) in [4.78, 5) is 23.2. The number of amides is 1. The number of carbonyl (C=O) groups is 2. The molecule has 0 aliphatic heterocycles. The Hall–Kier alpha value is -2.89. The fourth-order valence-electron chi connectivity index (χ4n) is 1.88. The van der Waals surface area contributed by atoms with E-state index in [0.717, 1.165) is 6.07 Å². The minimum Gasteiger partial charge on any atom is -0.508 e. The van der Waals surface area contributed by atoms with Crippen molar-refractivity contribution in [3.05, 3.63) is 58.9 Å². The van der Waals surface area contributed by atoms with E-state index in [1.165, 1.54) is 37.3 Å². The zero-order valence-electron chi connectivity index (χ0n) is 11.1. The maximum Gasteiger partial charge on any atom is 0.337 e. The van der Waals surface area contributed by atoms with Crippen LogP contribution in [0.1, 0.15) is 26.3 Å². The molecule has 0 heterocycles. The van der Waals surface area contributed by atoms with E-state index in [2.05, 4.69) is 5.32 Å². The normalized spacial score (nSPS) is 10.2. The fraction of sp³-hybridized carbons (Fsp3) is 0.0667. The molecular formula is C15H12FNO4. The average Bonchev–Trinajstić information content (AvgIpc) is 2.43. The Morgan fingerprint density at radius 1 is 1.10 bits per heavy atom. The molecule has 1 amide bonds. The Bertz CT molecular complexity index is 728. The third kappa shape index (κ3) is 2.84. The molecule has 0 atom stereocenters. The van der Waals surface area contributed by atoms with E-state index in [1.54, 1.807) is 0 Å². The van der Waals surface area contributed by atoms with Crippen molar-refractivity contribution >= 4 is 17.6 Å².